The van der Waals surface area contributed by atoms with Gasteiger partial charge >= 0.3 is 0 Å². The number of fused-ring (bicyclic) bond motifs is 1. The van der Waals surface area contributed by atoms with Crippen molar-refractivity contribution >= 4 is 10.9 Å². The van der Waals surface area contributed by atoms with Crippen molar-refractivity contribution in [1.82, 2.24) is 9.88 Å². The van der Waals surface area contributed by atoms with Crippen molar-refractivity contribution in [2.45, 2.75) is 31.4 Å². The molecule has 3 nitrogen and oxygen atoms in total. The van der Waals surface area contributed by atoms with Gasteiger partial charge in [0.2, 0.25) is 0 Å². The summed E-state index contributed by atoms with van der Waals surface area (Å²) in [6.45, 7) is 2.91. The third-order valence-corrected chi connectivity index (χ3v) is 4.23. The van der Waals surface area contributed by atoms with Crippen LogP contribution in [0.5, 0.6) is 0 Å². The number of likely N-dealkylation sites (tertiary alicyclic amines) is 1. The number of hydrogen-bond acceptors (Lipinski definition) is 3. The molecular weight excluding hydrogens is 236 g/mol. The van der Waals surface area contributed by atoms with Crippen molar-refractivity contribution in [2.24, 2.45) is 0 Å². The smallest absolute Gasteiger partial charge is 0.0829 e. The number of rotatable bonds is 2. The Morgan fingerprint density at radius 3 is 2.89 bits per heavy atom. The largest absolute Gasteiger partial charge is 0.388 e. The Morgan fingerprint density at radius 1 is 1.37 bits per heavy atom. The lowest BCUT2D eigenvalue weighted by atomic mass is 9.91. The van der Waals surface area contributed by atoms with Crippen LogP contribution in [0.1, 0.15) is 18.9 Å². The molecule has 0 amide bonds. The lowest BCUT2D eigenvalue weighted by Gasteiger charge is -2.23. The lowest BCUT2D eigenvalue weighted by molar-refractivity contribution is 0.0524. The molecule has 1 saturated heterocycles. The first-order chi connectivity index (χ1) is 9.07. The summed E-state index contributed by atoms with van der Waals surface area (Å²) in [6.07, 6.45) is 3.37. The molecular formula is C16H20N2O. The maximum Gasteiger partial charge on any atom is 0.0829 e. The van der Waals surface area contributed by atoms with Crippen molar-refractivity contribution < 1.29 is 5.11 Å². The van der Waals surface area contributed by atoms with E-state index in [2.05, 4.69) is 29.9 Å². The van der Waals surface area contributed by atoms with Gasteiger partial charge in [-0.15, -0.1) is 0 Å². The molecule has 2 atom stereocenters. The normalized spacial score (nSPS) is 28.1. The molecule has 2 unspecified atom stereocenters. The molecule has 1 N–H and O–H groups in total. The fourth-order valence-corrected chi connectivity index (χ4v) is 3.18. The first-order valence-electron chi connectivity index (χ1n) is 6.83. The second kappa shape index (κ2) is 4.58. The maximum absolute atomic E-state index is 10.8. The Morgan fingerprint density at radius 2 is 2.16 bits per heavy atom. The highest BCUT2D eigenvalue weighted by Gasteiger charge is 2.39. The summed E-state index contributed by atoms with van der Waals surface area (Å²) in [5.74, 6) is 0. The molecule has 1 aromatic carbocycles. The summed E-state index contributed by atoms with van der Waals surface area (Å²) in [4.78, 5) is 6.60. The number of pyridine rings is 1. The molecule has 1 aliphatic heterocycles. The number of hydrogen-bond donors (Lipinski definition) is 1. The fraction of sp³-hybridized carbons (Fsp3) is 0.438. The minimum atomic E-state index is -0.613. The SMILES string of the molecule is CC1CC(O)(Cc2ccnc3ccccc23)CN1C. The second-order valence-electron chi connectivity index (χ2n) is 5.86. The monoisotopic (exact) mass is 256 g/mol. The molecule has 1 aromatic heterocycles. The molecule has 3 rings (SSSR count). The minimum absolute atomic E-state index is 0.443. The van der Waals surface area contributed by atoms with Gasteiger partial charge in [0.1, 0.15) is 0 Å². The van der Waals surface area contributed by atoms with Crippen molar-refractivity contribution in [1.29, 1.82) is 0 Å². The number of aromatic nitrogens is 1. The Hall–Kier alpha value is -1.45. The van der Waals surface area contributed by atoms with Gasteiger partial charge in [-0.2, -0.15) is 0 Å². The van der Waals surface area contributed by atoms with Gasteiger partial charge in [0.05, 0.1) is 11.1 Å². The first-order valence-corrected chi connectivity index (χ1v) is 6.83. The highest BCUT2D eigenvalue weighted by molar-refractivity contribution is 5.81. The van der Waals surface area contributed by atoms with E-state index in [1.807, 2.05) is 30.5 Å². The number of nitrogens with zero attached hydrogens (tertiary/aromatic N) is 2. The lowest BCUT2D eigenvalue weighted by Crippen LogP contribution is -2.34. The molecule has 0 bridgehead atoms. The highest BCUT2D eigenvalue weighted by atomic mass is 16.3. The van der Waals surface area contributed by atoms with E-state index in [1.165, 1.54) is 5.56 Å². The number of para-hydroxylation sites is 1. The minimum Gasteiger partial charge on any atom is -0.388 e. The standard InChI is InChI=1S/C16H20N2O/c1-12-9-16(19,11-18(12)2)10-13-7-8-17-15-6-4-3-5-14(13)15/h3-8,12,19H,9-11H2,1-2H3. The van der Waals surface area contributed by atoms with Crippen LogP contribution in [0.25, 0.3) is 10.9 Å². The topological polar surface area (TPSA) is 36.4 Å². The maximum atomic E-state index is 10.8. The van der Waals surface area contributed by atoms with Gasteiger partial charge in [0.15, 0.2) is 0 Å². The van der Waals surface area contributed by atoms with Crippen LogP contribution < -0.4 is 0 Å². The molecule has 1 fully saturated rings. The summed E-state index contributed by atoms with van der Waals surface area (Å²) in [5.41, 5.74) is 1.58. The number of benzene rings is 1. The number of β-amino-alcohol motifs (C(OH)–C–C–N with tert-alkyl or cyclic N) is 1. The van der Waals surface area contributed by atoms with Gasteiger partial charge in [-0.3, -0.25) is 4.98 Å². The van der Waals surface area contributed by atoms with Gasteiger partial charge in [0.25, 0.3) is 0 Å². The van der Waals surface area contributed by atoms with Crippen LogP contribution in [-0.4, -0.2) is 40.2 Å². The summed E-state index contributed by atoms with van der Waals surface area (Å²) < 4.78 is 0. The van der Waals surface area contributed by atoms with E-state index in [0.29, 0.717) is 12.5 Å². The zero-order valence-electron chi connectivity index (χ0n) is 11.5. The summed E-state index contributed by atoms with van der Waals surface area (Å²) in [5, 5.41) is 11.9. The summed E-state index contributed by atoms with van der Waals surface area (Å²) in [7, 11) is 2.08. The predicted octanol–water partition coefficient (Wildman–Crippen LogP) is 2.23. The average Bonchev–Trinajstić information content (AvgIpc) is 2.63. The van der Waals surface area contributed by atoms with Crippen LogP contribution in [0.15, 0.2) is 36.5 Å². The molecule has 2 heterocycles. The van der Waals surface area contributed by atoms with Crippen molar-refractivity contribution in [3.63, 3.8) is 0 Å². The molecule has 19 heavy (non-hydrogen) atoms. The highest BCUT2D eigenvalue weighted by Crippen LogP contribution is 2.30. The van der Waals surface area contributed by atoms with E-state index in [-0.39, 0.29) is 0 Å². The predicted molar refractivity (Wildman–Crippen MR) is 77.1 cm³/mol. The van der Waals surface area contributed by atoms with Crippen LogP contribution in [0, 0.1) is 0 Å². The molecule has 0 saturated carbocycles. The molecule has 3 heteroatoms. The Labute approximate surface area is 113 Å². The van der Waals surface area contributed by atoms with Crippen molar-refractivity contribution in [2.75, 3.05) is 13.6 Å². The van der Waals surface area contributed by atoms with Crippen molar-refractivity contribution in [3.8, 4) is 0 Å². The van der Waals surface area contributed by atoms with Gasteiger partial charge in [0, 0.05) is 30.6 Å². The van der Waals surface area contributed by atoms with E-state index in [0.717, 1.165) is 23.9 Å². The van der Waals surface area contributed by atoms with Crippen LogP contribution in [0.4, 0.5) is 0 Å². The number of aliphatic hydroxyl groups is 1. The second-order valence-corrected chi connectivity index (χ2v) is 5.86. The Bertz CT molecular complexity index is 581. The van der Waals surface area contributed by atoms with Gasteiger partial charge in [-0.1, -0.05) is 18.2 Å². The van der Waals surface area contributed by atoms with E-state index in [9.17, 15) is 5.11 Å². The Kier molecular flexibility index (Phi) is 3.03. The summed E-state index contributed by atoms with van der Waals surface area (Å²) >= 11 is 0. The van der Waals surface area contributed by atoms with Crippen molar-refractivity contribution in [3.05, 3.63) is 42.1 Å². The molecule has 0 spiro atoms. The average molecular weight is 256 g/mol. The quantitative estimate of drug-likeness (QED) is 0.895. The van der Waals surface area contributed by atoms with E-state index >= 15 is 0 Å². The Balaban J connectivity index is 1.94. The third kappa shape index (κ3) is 2.36. The zero-order valence-corrected chi connectivity index (χ0v) is 11.5. The molecule has 2 aromatic rings. The van der Waals surface area contributed by atoms with Crippen LogP contribution in [0.3, 0.4) is 0 Å². The fourth-order valence-electron chi connectivity index (χ4n) is 3.18. The van der Waals surface area contributed by atoms with E-state index < -0.39 is 5.60 Å². The van der Waals surface area contributed by atoms with Crippen LogP contribution >= 0.6 is 0 Å². The van der Waals surface area contributed by atoms with Crippen LogP contribution in [0.2, 0.25) is 0 Å². The third-order valence-electron chi connectivity index (χ3n) is 4.23. The summed E-state index contributed by atoms with van der Waals surface area (Å²) in [6, 6.07) is 10.6. The van der Waals surface area contributed by atoms with Crippen LogP contribution in [-0.2, 0) is 6.42 Å². The van der Waals surface area contributed by atoms with Gasteiger partial charge < -0.3 is 10.0 Å². The van der Waals surface area contributed by atoms with Gasteiger partial charge in [-0.25, -0.2) is 0 Å². The van der Waals surface area contributed by atoms with E-state index in [1.54, 1.807) is 0 Å². The molecule has 100 valence electrons. The zero-order chi connectivity index (χ0) is 13.5. The first kappa shape index (κ1) is 12.6. The molecule has 0 aliphatic carbocycles. The van der Waals surface area contributed by atoms with E-state index in [4.69, 9.17) is 0 Å². The molecule has 0 radical (unpaired) electrons. The number of likely N-dealkylation sites (N-methyl/N-ethyl adjacent to an activating group) is 1. The molecule has 1 aliphatic rings. The van der Waals surface area contributed by atoms with Gasteiger partial charge in [-0.05, 0) is 38.1 Å².